The molecule has 0 saturated carbocycles. The number of carbonyl (C=O) groups is 1. The number of aromatic carboxylic acids is 1. The van der Waals surface area contributed by atoms with Crippen LogP contribution in [0.5, 0.6) is 0 Å². The van der Waals surface area contributed by atoms with Crippen LogP contribution in [0.3, 0.4) is 0 Å². The summed E-state index contributed by atoms with van der Waals surface area (Å²) < 4.78 is 10.1. The van der Waals surface area contributed by atoms with E-state index in [-0.39, 0.29) is 5.69 Å². The van der Waals surface area contributed by atoms with Crippen molar-refractivity contribution in [3.8, 4) is 0 Å². The molecule has 1 heterocycles. The molecular formula is C13H20N2O4. The highest BCUT2D eigenvalue weighted by Crippen LogP contribution is 2.13. The van der Waals surface area contributed by atoms with Crippen LogP contribution >= 0.6 is 0 Å². The smallest absolute Gasteiger partial charge is 0.354 e. The normalized spacial score (nSPS) is 10.4. The first kappa shape index (κ1) is 15.4. The van der Waals surface area contributed by atoms with Crippen molar-refractivity contribution in [1.29, 1.82) is 0 Å². The van der Waals surface area contributed by atoms with E-state index in [0.717, 1.165) is 25.2 Å². The van der Waals surface area contributed by atoms with E-state index in [1.165, 1.54) is 6.07 Å². The Morgan fingerprint density at radius 2 is 2.00 bits per heavy atom. The Kier molecular flexibility index (Phi) is 6.84. The van der Waals surface area contributed by atoms with Gasteiger partial charge < -0.3 is 19.5 Å². The SMILES string of the molecule is COCCCN(CCOC)c1ccc(C(=O)O)nc1. The lowest BCUT2D eigenvalue weighted by molar-refractivity contribution is 0.0690. The van der Waals surface area contributed by atoms with Crippen molar-refractivity contribution in [2.75, 3.05) is 45.4 Å². The number of anilines is 1. The van der Waals surface area contributed by atoms with Gasteiger partial charge in [-0.2, -0.15) is 0 Å². The summed E-state index contributed by atoms with van der Waals surface area (Å²) in [5.74, 6) is -1.02. The molecule has 0 aliphatic rings. The molecule has 0 fully saturated rings. The summed E-state index contributed by atoms with van der Waals surface area (Å²) in [6, 6.07) is 3.27. The Morgan fingerprint density at radius 1 is 1.26 bits per heavy atom. The van der Waals surface area contributed by atoms with Gasteiger partial charge in [-0.25, -0.2) is 9.78 Å². The molecule has 6 nitrogen and oxygen atoms in total. The van der Waals surface area contributed by atoms with Gasteiger partial charge in [0.25, 0.3) is 0 Å². The van der Waals surface area contributed by atoms with E-state index < -0.39 is 5.97 Å². The van der Waals surface area contributed by atoms with Crippen molar-refractivity contribution in [3.63, 3.8) is 0 Å². The van der Waals surface area contributed by atoms with Gasteiger partial charge in [0.2, 0.25) is 0 Å². The summed E-state index contributed by atoms with van der Waals surface area (Å²) in [7, 11) is 3.32. The second-order valence-corrected chi connectivity index (χ2v) is 4.03. The minimum Gasteiger partial charge on any atom is -0.477 e. The fourth-order valence-corrected chi connectivity index (χ4v) is 1.67. The molecule has 0 amide bonds. The lowest BCUT2D eigenvalue weighted by Crippen LogP contribution is -2.29. The minimum atomic E-state index is -1.02. The number of carboxylic acids is 1. The Balaban J connectivity index is 2.68. The monoisotopic (exact) mass is 268 g/mol. The van der Waals surface area contributed by atoms with E-state index in [4.69, 9.17) is 14.6 Å². The van der Waals surface area contributed by atoms with Gasteiger partial charge >= 0.3 is 5.97 Å². The summed E-state index contributed by atoms with van der Waals surface area (Å²) in [4.78, 5) is 16.8. The maximum Gasteiger partial charge on any atom is 0.354 e. The molecule has 106 valence electrons. The number of hydrogen-bond donors (Lipinski definition) is 1. The molecule has 0 atom stereocenters. The molecule has 0 aromatic carbocycles. The lowest BCUT2D eigenvalue weighted by Gasteiger charge is -2.24. The highest BCUT2D eigenvalue weighted by Gasteiger charge is 2.09. The first-order chi connectivity index (χ1) is 9.19. The molecule has 1 rings (SSSR count). The Labute approximate surface area is 113 Å². The Bertz CT molecular complexity index is 381. The number of methoxy groups -OCH3 is 2. The third-order valence-electron chi connectivity index (χ3n) is 2.67. The van der Waals surface area contributed by atoms with Gasteiger partial charge in [0.15, 0.2) is 0 Å². The van der Waals surface area contributed by atoms with E-state index in [2.05, 4.69) is 9.88 Å². The molecule has 0 saturated heterocycles. The van der Waals surface area contributed by atoms with E-state index in [1.54, 1.807) is 26.5 Å². The van der Waals surface area contributed by atoms with Crippen molar-refractivity contribution in [2.45, 2.75) is 6.42 Å². The molecule has 1 N–H and O–H groups in total. The van der Waals surface area contributed by atoms with Gasteiger partial charge in [0, 0.05) is 33.9 Å². The predicted octanol–water partition coefficient (Wildman–Crippen LogP) is 1.27. The number of rotatable bonds is 9. The van der Waals surface area contributed by atoms with Crippen LogP contribution in [-0.4, -0.2) is 56.6 Å². The van der Waals surface area contributed by atoms with Crippen molar-refractivity contribution in [2.24, 2.45) is 0 Å². The van der Waals surface area contributed by atoms with Crippen LogP contribution in [0.25, 0.3) is 0 Å². The van der Waals surface area contributed by atoms with Crippen molar-refractivity contribution >= 4 is 11.7 Å². The average Bonchev–Trinajstić information content (AvgIpc) is 2.43. The van der Waals surface area contributed by atoms with Crippen LogP contribution in [0.2, 0.25) is 0 Å². The summed E-state index contributed by atoms with van der Waals surface area (Å²) in [5.41, 5.74) is 0.936. The third kappa shape index (κ3) is 5.23. The third-order valence-corrected chi connectivity index (χ3v) is 2.67. The molecule has 0 spiro atoms. The number of nitrogens with zero attached hydrogens (tertiary/aromatic N) is 2. The number of carboxylic acid groups (broad SMARTS) is 1. The Hall–Kier alpha value is -1.66. The highest BCUT2D eigenvalue weighted by molar-refractivity contribution is 5.85. The first-order valence-electron chi connectivity index (χ1n) is 6.11. The number of ether oxygens (including phenoxy) is 2. The van der Waals surface area contributed by atoms with Crippen LogP contribution < -0.4 is 4.90 Å². The first-order valence-corrected chi connectivity index (χ1v) is 6.11. The van der Waals surface area contributed by atoms with Gasteiger partial charge in [-0.15, -0.1) is 0 Å². The molecule has 0 bridgehead atoms. The lowest BCUT2D eigenvalue weighted by atomic mass is 10.3. The fraction of sp³-hybridized carbons (Fsp3) is 0.538. The fourth-order valence-electron chi connectivity index (χ4n) is 1.67. The topological polar surface area (TPSA) is 71.9 Å². The summed E-state index contributed by atoms with van der Waals surface area (Å²) in [6.07, 6.45) is 2.47. The molecule has 0 aliphatic carbocycles. The molecule has 1 aromatic heterocycles. The van der Waals surface area contributed by atoms with E-state index in [0.29, 0.717) is 13.2 Å². The van der Waals surface area contributed by atoms with E-state index in [9.17, 15) is 4.79 Å². The zero-order chi connectivity index (χ0) is 14.1. The predicted molar refractivity (Wildman–Crippen MR) is 71.8 cm³/mol. The summed E-state index contributed by atoms with van der Waals surface area (Å²) in [5, 5.41) is 8.82. The maximum absolute atomic E-state index is 10.8. The minimum absolute atomic E-state index is 0.0485. The summed E-state index contributed by atoms with van der Waals surface area (Å²) >= 11 is 0. The van der Waals surface area contributed by atoms with Gasteiger partial charge in [-0.05, 0) is 18.6 Å². The van der Waals surface area contributed by atoms with E-state index in [1.807, 2.05) is 0 Å². The maximum atomic E-state index is 10.8. The van der Waals surface area contributed by atoms with Gasteiger partial charge in [-0.1, -0.05) is 0 Å². The molecule has 0 radical (unpaired) electrons. The van der Waals surface area contributed by atoms with Gasteiger partial charge in [-0.3, -0.25) is 0 Å². The van der Waals surface area contributed by atoms with Crippen LogP contribution in [0.15, 0.2) is 18.3 Å². The molecule has 6 heteroatoms. The number of hydrogen-bond acceptors (Lipinski definition) is 5. The van der Waals surface area contributed by atoms with Crippen molar-refractivity contribution < 1.29 is 19.4 Å². The van der Waals surface area contributed by atoms with Crippen LogP contribution in [0, 0.1) is 0 Å². The second kappa shape index (κ2) is 8.44. The number of pyridine rings is 1. The molecule has 0 unspecified atom stereocenters. The highest BCUT2D eigenvalue weighted by atomic mass is 16.5. The van der Waals surface area contributed by atoms with Crippen LogP contribution in [0.1, 0.15) is 16.9 Å². The molecule has 0 aliphatic heterocycles. The molecule has 19 heavy (non-hydrogen) atoms. The standard InChI is InChI=1S/C13H20N2O4/c1-18-8-3-6-15(7-9-19-2)11-4-5-12(13(16)17)14-10-11/h4-5,10H,3,6-9H2,1-2H3,(H,16,17). The van der Waals surface area contributed by atoms with Crippen molar-refractivity contribution in [3.05, 3.63) is 24.0 Å². The average molecular weight is 268 g/mol. The van der Waals surface area contributed by atoms with E-state index >= 15 is 0 Å². The van der Waals surface area contributed by atoms with Crippen molar-refractivity contribution in [1.82, 2.24) is 4.98 Å². The summed E-state index contributed by atoms with van der Waals surface area (Å²) in [6.45, 7) is 2.83. The zero-order valence-corrected chi connectivity index (χ0v) is 11.3. The second-order valence-electron chi connectivity index (χ2n) is 4.03. The number of aromatic nitrogens is 1. The van der Waals surface area contributed by atoms with Gasteiger partial charge in [0.1, 0.15) is 5.69 Å². The molecular weight excluding hydrogens is 248 g/mol. The quantitative estimate of drug-likeness (QED) is 0.680. The Morgan fingerprint density at radius 3 is 2.53 bits per heavy atom. The zero-order valence-electron chi connectivity index (χ0n) is 11.3. The largest absolute Gasteiger partial charge is 0.477 e. The van der Waals surface area contributed by atoms with Crippen LogP contribution in [0.4, 0.5) is 5.69 Å². The molecule has 1 aromatic rings. The van der Waals surface area contributed by atoms with Gasteiger partial charge in [0.05, 0.1) is 18.5 Å². The van der Waals surface area contributed by atoms with Crippen LogP contribution in [-0.2, 0) is 9.47 Å².